The number of carbonyl (C=O) groups is 2. The van der Waals surface area contributed by atoms with E-state index in [-0.39, 0.29) is 59.3 Å². The van der Waals surface area contributed by atoms with Crippen molar-refractivity contribution in [3.05, 3.63) is 20.1 Å². The third-order valence-electron chi connectivity index (χ3n) is 4.09. The summed E-state index contributed by atoms with van der Waals surface area (Å²) >= 11 is 15.8. The predicted octanol–water partition coefficient (Wildman–Crippen LogP) is 2.96. The van der Waals surface area contributed by atoms with Crippen LogP contribution in [0.3, 0.4) is 0 Å². The molecule has 1 fully saturated rings. The number of hydrogen-bond acceptors (Lipinski definition) is 4. The number of piperazine rings is 1. The lowest BCUT2D eigenvalue weighted by molar-refractivity contribution is 0.0389. The van der Waals surface area contributed by atoms with Gasteiger partial charge in [0, 0.05) is 19.6 Å². The molecule has 0 aliphatic carbocycles. The molecule has 0 unspecified atom stereocenters. The van der Waals surface area contributed by atoms with Crippen molar-refractivity contribution in [2.24, 2.45) is 0 Å². The minimum atomic E-state index is -1.02. The highest BCUT2D eigenvalue weighted by molar-refractivity contribution is 9.10. The van der Waals surface area contributed by atoms with Crippen molar-refractivity contribution < 1.29 is 24.2 Å². The van der Waals surface area contributed by atoms with Gasteiger partial charge in [-0.2, -0.15) is 0 Å². The molecule has 1 N–H and O–H groups in total. The summed E-state index contributed by atoms with van der Waals surface area (Å²) in [6.07, 6.45) is -1.02. The van der Waals surface area contributed by atoms with Crippen LogP contribution in [0.15, 0.2) is 4.47 Å². The molecule has 10 heteroatoms. The highest BCUT2D eigenvalue weighted by Crippen LogP contribution is 2.48. The molecule has 0 radical (unpaired) electrons. The third-order valence-corrected chi connectivity index (χ3v) is 6.06. The Morgan fingerprint density at radius 1 is 1.38 bits per heavy atom. The van der Waals surface area contributed by atoms with E-state index in [2.05, 4.69) is 15.9 Å². The first-order chi connectivity index (χ1) is 11.4. The number of benzene rings is 1. The number of methoxy groups -OCH3 is 1. The van der Waals surface area contributed by atoms with Crippen molar-refractivity contribution >= 4 is 51.1 Å². The van der Waals surface area contributed by atoms with Gasteiger partial charge in [-0.1, -0.05) is 23.2 Å². The highest BCUT2D eigenvalue weighted by atomic mass is 79.9. The van der Waals surface area contributed by atoms with Gasteiger partial charge in [0.15, 0.2) is 11.5 Å². The van der Waals surface area contributed by atoms with Crippen molar-refractivity contribution in [1.29, 1.82) is 0 Å². The SMILES string of the molecule is COc1c(Cl)c(Br)c(Cl)c2c1C(=O)N1CCN(C(=O)O)C[C@@H]1CO2. The smallest absolute Gasteiger partial charge is 0.407 e. The van der Waals surface area contributed by atoms with Crippen LogP contribution in [0.2, 0.25) is 10.0 Å². The van der Waals surface area contributed by atoms with Gasteiger partial charge in [-0.25, -0.2) is 4.79 Å². The Morgan fingerprint density at radius 3 is 2.71 bits per heavy atom. The summed E-state index contributed by atoms with van der Waals surface area (Å²) in [5.74, 6) is 0.0195. The molecule has 2 amide bonds. The average Bonchev–Trinajstić information content (AvgIpc) is 2.71. The van der Waals surface area contributed by atoms with Crippen LogP contribution in [0.4, 0.5) is 4.79 Å². The third kappa shape index (κ3) is 2.66. The Bertz CT molecular complexity index is 730. The second kappa shape index (κ2) is 6.50. The van der Waals surface area contributed by atoms with Crippen molar-refractivity contribution in [2.75, 3.05) is 33.4 Å². The maximum Gasteiger partial charge on any atom is 0.407 e. The van der Waals surface area contributed by atoms with Gasteiger partial charge >= 0.3 is 6.09 Å². The van der Waals surface area contributed by atoms with Crippen LogP contribution in [-0.4, -0.2) is 66.3 Å². The monoisotopic (exact) mass is 438 g/mol. The Hall–Kier alpha value is -1.38. The van der Waals surface area contributed by atoms with Crippen molar-refractivity contribution in [3.63, 3.8) is 0 Å². The minimum absolute atomic E-state index is 0.124. The normalized spacial score (nSPS) is 20.0. The molecule has 130 valence electrons. The number of nitrogens with zero attached hydrogens (tertiary/aromatic N) is 2. The summed E-state index contributed by atoms with van der Waals surface area (Å²) in [5.41, 5.74) is 0.155. The first-order valence-electron chi connectivity index (χ1n) is 7.02. The van der Waals surface area contributed by atoms with E-state index in [4.69, 9.17) is 37.8 Å². The van der Waals surface area contributed by atoms with Crippen LogP contribution in [0, 0.1) is 0 Å². The zero-order chi connectivity index (χ0) is 17.6. The molecular weight excluding hydrogens is 427 g/mol. The number of halogens is 3. The van der Waals surface area contributed by atoms with Crippen LogP contribution in [0.5, 0.6) is 11.5 Å². The summed E-state index contributed by atoms with van der Waals surface area (Å²) < 4.78 is 11.4. The number of ether oxygens (including phenoxy) is 2. The number of carboxylic acid groups (broad SMARTS) is 1. The molecule has 2 aliphatic heterocycles. The number of amides is 2. The van der Waals surface area contributed by atoms with E-state index >= 15 is 0 Å². The molecule has 24 heavy (non-hydrogen) atoms. The van der Waals surface area contributed by atoms with Gasteiger partial charge in [-0.15, -0.1) is 0 Å². The largest absolute Gasteiger partial charge is 0.494 e. The van der Waals surface area contributed by atoms with Gasteiger partial charge in [0.05, 0.1) is 27.7 Å². The van der Waals surface area contributed by atoms with Crippen LogP contribution in [0.1, 0.15) is 10.4 Å². The molecule has 1 aromatic rings. The van der Waals surface area contributed by atoms with E-state index in [0.29, 0.717) is 4.47 Å². The highest BCUT2D eigenvalue weighted by Gasteiger charge is 2.40. The lowest BCUT2D eigenvalue weighted by Crippen LogP contribution is -2.57. The van der Waals surface area contributed by atoms with Crippen LogP contribution < -0.4 is 9.47 Å². The van der Waals surface area contributed by atoms with Gasteiger partial charge in [0.25, 0.3) is 5.91 Å². The lowest BCUT2D eigenvalue weighted by atomic mass is 10.1. The minimum Gasteiger partial charge on any atom is -0.494 e. The van der Waals surface area contributed by atoms with Crippen LogP contribution in [0.25, 0.3) is 0 Å². The fraction of sp³-hybridized carbons (Fsp3) is 0.429. The predicted molar refractivity (Wildman–Crippen MR) is 90.6 cm³/mol. The van der Waals surface area contributed by atoms with Gasteiger partial charge in [0.2, 0.25) is 0 Å². The molecule has 0 aromatic heterocycles. The average molecular weight is 440 g/mol. The number of hydrogen-bond donors (Lipinski definition) is 1. The van der Waals surface area contributed by atoms with E-state index < -0.39 is 12.1 Å². The summed E-state index contributed by atoms with van der Waals surface area (Å²) in [5, 5.41) is 9.52. The molecule has 0 spiro atoms. The molecule has 1 atom stereocenters. The summed E-state index contributed by atoms with van der Waals surface area (Å²) in [4.78, 5) is 27.0. The zero-order valence-corrected chi connectivity index (χ0v) is 15.6. The number of fused-ring (bicyclic) bond motifs is 2. The topological polar surface area (TPSA) is 79.3 Å². The lowest BCUT2D eigenvalue weighted by Gasteiger charge is -2.38. The molecule has 0 bridgehead atoms. The van der Waals surface area contributed by atoms with Crippen molar-refractivity contribution in [2.45, 2.75) is 6.04 Å². The van der Waals surface area contributed by atoms with Crippen LogP contribution >= 0.6 is 39.1 Å². The second-order valence-electron chi connectivity index (χ2n) is 5.37. The Labute approximate surface area is 156 Å². The van der Waals surface area contributed by atoms with E-state index in [9.17, 15) is 9.59 Å². The Kier molecular flexibility index (Phi) is 4.72. The molecule has 2 heterocycles. The maximum absolute atomic E-state index is 13.0. The molecule has 3 rings (SSSR count). The fourth-order valence-corrected chi connectivity index (χ4v) is 3.82. The summed E-state index contributed by atoms with van der Waals surface area (Å²) in [6.45, 7) is 0.781. The van der Waals surface area contributed by atoms with E-state index in [1.54, 1.807) is 4.90 Å². The second-order valence-corrected chi connectivity index (χ2v) is 6.92. The van der Waals surface area contributed by atoms with Crippen molar-refractivity contribution in [1.82, 2.24) is 9.80 Å². The maximum atomic E-state index is 13.0. The standard InChI is InChI=1S/C14H13BrCl2N2O5/c1-23-11-7-12(10(17)8(15)9(11)16)24-5-6-4-18(14(21)22)2-3-19(6)13(7)20/h6H,2-5H2,1H3,(H,21,22)/t6-/m1/s1. The Morgan fingerprint density at radius 2 is 2.08 bits per heavy atom. The first-order valence-corrected chi connectivity index (χ1v) is 8.57. The van der Waals surface area contributed by atoms with Gasteiger partial charge < -0.3 is 24.4 Å². The Balaban J connectivity index is 2.07. The molecule has 2 aliphatic rings. The number of rotatable bonds is 1. The fourth-order valence-electron chi connectivity index (χ4n) is 2.90. The van der Waals surface area contributed by atoms with Crippen LogP contribution in [-0.2, 0) is 0 Å². The molecule has 0 saturated carbocycles. The first kappa shape index (κ1) is 17.4. The molecule has 1 aromatic carbocycles. The van der Waals surface area contributed by atoms with Gasteiger partial charge in [-0.05, 0) is 15.9 Å². The molecule has 1 saturated heterocycles. The summed E-state index contributed by atoms with van der Waals surface area (Å²) in [6, 6.07) is -0.409. The summed E-state index contributed by atoms with van der Waals surface area (Å²) in [7, 11) is 1.40. The van der Waals surface area contributed by atoms with Crippen molar-refractivity contribution in [3.8, 4) is 11.5 Å². The van der Waals surface area contributed by atoms with E-state index in [1.807, 2.05) is 0 Å². The van der Waals surface area contributed by atoms with Gasteiger partial charge in [0.1, 0.15) is 12.2 Å². The number of carbonyl (C=O) groups excluding carboxylic acids is 1. The molecular formula is C14H13BrCl2N2O5. The quantitative estimate of drug-likeness (QED) is 0.680. The zero-order valence-electron chi connectivity index (χ0n) is 12.5. The van der Waals surface area contributed by atoms with E-state index in [0.717, 1.165) is 0 Å². The van der Waals surface area contributed by atoms with E-state index in [1.165, 1.54) is 12.0 Å². The van der Waals surface area contributed by atoms with Gasteiger partial charge in [-0.3, -0.25) is 4.79 Å². The molecule has 7 nitrogen and oxygen atoms in total.